The van der Waals surface area contributed by atoms with E-state index in [1.54, 1.807) is 49.6 Å². The molecule has 0 aliphatic heterocycles. The molecule has 0 bridgehead atoms. The molecule has 4 N–H and O–H groups in total. The lowest BCUT2D eigenvalue weighted by Gasteiger charge is -2.11. The van der Waals surface area contributed by atoms with Crippen LogP contribution < -0.4 is 9.47 Å². The quantitative estimate of drug-likeness (QED) is 0.0550. The number of benzene rings is 6. The molecule has 18 rings (SSSR count). The van der Waals surface area contributed by atoms with Gasteiger partial charge in [0.1, 0.15) is 48.0 Å². The Morgan fingerprint density at radius 3 is 0.722 bits per heavy atom. The minimum Gasteiger partial charge on any atom is -0.491 e. The fraction of sp³-hybridized carbons (Fsp3) is 0.0857. The van der Waals surface area contributed by atoms with E-state index in [2.05, 4.69) is 32.1 Å². The number of rotatable bonds is 15. The second-order valence-electron chi connectivity index (χ2n) is 21.8. The Morgan fingerprint density at radius 1 is 0.244 bits per heavy atom. The normalized spacial score (nSPS) is 12.1. The maximum Gasteiger partial charge on any atom is 0.138 e. The highest BCUT2D eigenvalue weighted by molar-refractivity contribution is 6.24. The summed E-state index contributed by atoms with van der Waals surface area (Å²) in [5.41, 5.74) is 16.2. The summed E-state index contributed by atoms with van der Waals surface area (Å²) in [6.07, 6.45) is 14.3. The molecule has 0 fully saturated rings. The van der Waals surface area contributed by atoms with Crippen LogP contribution in [0, 0.1) is 0 Å². The largest absolute Gasteiger partial charge is 0.491 e. The number of H-pyrrole nitrogens is 4. The zero-order valence-corrected chi connectivity index (χ0v) is 47.6. The van der Waals surface area contributed by atoms with E-state index in [0.717, 1.165) is 154 Å². The summed E-state index contributed by atoms with van der Waals surface area (Å²) in [4.78, 5) is 73.3. The summed E-state index contributed by atoms with van der Waals surface area (Å²) < 4.78 is 25.2. The molecule has 12 heterocycles. The highest BCUT2D eigenvalue weighted by atomic mass is 16.6. The monoisotopic (exact) mass is 1170 g/mol. The van der Waals surface area contributed by atoms with Crippen LogP contribution in [0.15, 0.2) is 183 Å². The molecule has 0 saturated heterocycles. The van der Waals surface area contributed by atoms with Crippen molar-refractivity contribution in [1.29, 1.82) is 0 Å². The van der Waals surface area contributed by atoms with Gasteiger partial charge in [-0.2, -0.15) is 0 Å². The molecule has 0 amide bonds. The number of ether oxygens (including phenoxy) is 4. The second-order valence-corrected chi connectivity index (χ2v) is 21.8. The maximum atomic E-state index is 6.51. The topological polar surface area (TPSA) is 255 Å². The van der Waals surface area contributed by atoms with E-state index in [1.165, 1.54) is 0 Å². The highest BCUT2D eigenvalue weighted by Gasteiger charge is 2.23. The average Bonchev–Trinajstić information content (AvgIpc) is 1.58. The third kappa shape index (κ3) is 8.44. The molecule has 0 saturated carbocycles. The minimum atomic E-state index is 0.265. The number of pyridine rings is 8. The van der Waals surface area contributed by atoms with Crippen LogP contribution >= 0.6 is 0 Å². The van der Waals surface area contributed by atoms with E-state index in [4.69, 9.17) is 78.8 Å². The Morgan fingerprint density at radius 2 is 0.467 bits per heavy atom. The molecule has 0 radical (unpaired) electrons. The summed E-state index contributed by atoms with van der Waals surface area (Å²) >= 11 is 0. The summed E-state index contributed by atoms with van der Waals surface area (Å²) in [7, 11) is 0. The highest BCUT2D eigenvalue weighted by Crippen LogP contribution is 2.41. The molecule has 0 unspecified atom stereocenters. The van der Waals surface area contributed by atoms with Crippen molar-refractivity contribution in [3.05, 3.63) is 183 Å². The van der Waals surface area contributed by atoms with Gasteiger partial charge >= 0.3 is 0 Å². The van der Waals surface area contributed by atoms with E-state index in [9.17, 15) is 0 Å². The Balaban J connectivity index is 0.597. The van der Waals surface area contributed by atoms with Gasteiger partial charge in [0, 0.05) is 115 Å². The lowest BCUT2D eigenvalue weighted by Crippen LogP contribution is -2.13. The fourth-order valence-corrected chi connectivity index (χ4v) is 12.6. The molecule has 0 aliphatic rings. The average molecular weight is 1180 g/mol. The molecule has 430 valence electrons. The predicted molar refractivity (Wildman–Crippen MR) is 348 cm³/mol. The van der Waals surface area contributed by atoms with Crippen LogP contribution in [0.5, 0.6) is 11.5 Å². The van der Waals surface area contributed by atoms with E-state index in [1.807, 2.05) is 121 Å². The molecule has 6 aromatic carbocycles. The van der Waals surface area contributed by atoms with Gasteiger partial charge in [-0.3, -0.25) is 39.9 Å². The van der Waals surface area contributed by atoms with Crippen molar-refractivity contribution >= 4 is 131 Å². The van der Waals surface area contributed by atoms with Crippen molar-refractivity contribution in [1.82, 2.24) is 79.7 Å². The molecule has 90 heavy (non-hydrogen) atoms. The van der Waals surface area contributed by atoms with Gasteiger partial charge in [0.25, 0.3) is 0 Å². The molecule has 0 spiro atoms. The SMILES string of the molecule is c1cnc2c(c1)c1nc(-c3cc(OCCOCCOCCOc4cc(-c5nc6c7cccnc7c7ncccc7c6[nH]5)cc(-c5nc6c7cccnc7c7ncccc7c6[nH]5)c4)cc(-c4nc5c6cccnc6c6ncccc6c5[nH]4)c3)[nH]c1c1cccnc12. The van der Waals surface area contributed by atoms with Crippen LogP contribution in [0.1, 0.15) is 0 Å². The molecular formula is C70H46N16O4. The number of nitrogens with zero attached hydrogens (tertiary/aromatic N) is 12. The van der Waals surface area contributed by atoms with Crippen LogP contribution in [0.2, 0.25) is 0 Å². The van der Waals surface area contributed by atoms with Crippen LogP contribution in [0.3, 0.4) is 0 Å². The Kier molecular flexibility index (Phi) is 11.9. The van der Waals surface area contributed by atoms with Crippen molar-refractivity contribution < 1.29 is 18.9 Å². The van der Waals surface area contributed by atoms with Gasteiger partial charge in [-0.05, 0) is 133 Å². The maximum absolute atomic E-state index is 6.51. The first kappa shape index (κ1) is 51.2. The standard InChI is InChI=1S/C70H46N16O4/c1-9-43-51(71-17-1)52-44(10-2-18-72-52)60-59(43)79-67(80-60)37-31-38(68-81-61-45-11-3-19-73-53(45)54-46(62(61)82-68)12-4-20-74-54)34-41(33-37)89-29-27-87-25-26-88-28-30-90-42-35-39(69-83-63-47-13-5-21-75-55(47)56-48(64(63)84-69)14-6-22-76-56)32-40(36-42)70-85-65-49-15-7-23-77-57(49)58-50(66(65)86-70)16-8-24-78-58/h1-24,31-36H,25-30H2,(H,79,80)(H,81,82)(H,83,84)(H,85,86). The number of nitrogens with one attached hydrogen (secondary N) is 4. The van der Waals surface area contributed by atoms with E-state index >= 15 is 0 Å². The van der Waals surface area contributed by atoms with Gasteiger partial charge in [-0.15, -0.1) is 0 Å². The fourth-order valence-electron chi connectivity index (χ4n) is 12.6. The van der Waals surface area contributed by atoms with E-state index in [0.29, 0.717) is 61.2 Å². The third-order valence-corrected chi connectivity index (χ3v) is 16.5. The van der Waals surface area contributed by atoms with Crippen LogP contribution in [-0.4, -0.2) is 119 Å². The molecule has 0 aliphatic carbocycles. The first-order chi connectivity index (χ1) is 44.6. The Labute approximate surface area is 507 Å². The van der Waals surface area contributed by atoms with Gasteiger partial charge in [0.05, 0.1) is 115 Å². The number of fused-ring (bicyclic) bond motifs is 24. The predicted octanol–water partition coefficient (Wildman–Crippen LogP) is 13.7. The number of hydrogen-bond donors (Lipinski definition) is 4. The molecular weight excluding hydrogens is 1130 g/mol. The first-order valence-corrected chi connectivity index (χ1v) is 29.4. The zero-order chi connectivity index (χ0) is 59.2. The van der Waals surface area contributed by atoms with E-state index < -0.39 is 0 Å². The summed E-state index contributed by atoms with van der Waals surface area (Å²) in [6, 6.07) is 43.7. The molecule has 18 aromatic rings. The first-order valence-electron chi connectivity index (χ1n) is 29.4. The van der Waals surface area contributed by atoms with Gasteiger partial charge in [0.2, 0.25) is 0 Å². The number of aromatic nitrogens is 16. The number of aromatic amines is 4. The van der Waals surface area contributed by atoms with Gasteiger partial charge < -0.3 is 38.9 Å². The van der Waals surface area contributed by atoms with Crippen molar-refractivity contribution in [3.8, 4) is 57.1 Å². The zero-order valence-electron chi connectivity index (χ0n) is 47.6. The van der Waals surface area contributed by atoms with E-state index in [-0.39, 0.29) is 13.2 Å². The Bertz CT molecular complexity index is 4940. The molecule has 12 aromatic heterocycles. The summed E-state index contributed by atoms with van der Waals surface area (Å²) in [6.45, 7) is 1.82. The van der Waals surface area contributed by atoms with Crippen molar-refractivity contribution in [2.75, 3.05) is 39.6 Å². The lowest BCUT2D eigenvalue weighted by atomic mass is 10.1. The van der Waals surface area contributed by atoms with Crippen LogP contribution in [-0.2, 0) is 9.47 Å². The van der Waals surface area contributed by atoms with Gasteiger partial charge in [0.15, 0.2) is 0 Å². The lowest BCUT2D eigenvalue weighted by molar-refractivity contribution is 0.0274. The summed E-state index contributed by atoms with van der Waals surface area (Å²) in [5, 5.41) is 7.31. The molecule has 20 nitrogen and oxygen atoms in total. The van der Waals surface area contributed by atoms with Gasteiger partial charge in [-0.1, -0.05) is 0 Å². The number of hydrogen-bond acceptors (Lipinski definition) is 16. The molecule has 0 atom stereocenters. The molecule has 20 heteroatoms. The smallest absolute Gasteiger partial charge is 0.138 e. The van der Waals surface area contributed by atoms with Gasteiger partial charge in [-0.25, -0.2) is 19.9 Å². The van der Waals surface area contributed by atoms with Crippen LogP contribution in [0.4, 0.5) is 0 Å². The third-order valence-electron chi connectivity index (χ3n) is 16.5. The van der Waals surface area contributed by atoms with Crippen molar-refractivity contribution in [2.24, 2.45) is 0 Å². The minimum absolute atomic E-state index is 0.265. The van der Waals surface area contributed by atoms with Crippen LogP contribution in [0.25, 0.3) is 177 Å². The van der Waals surface area contributed by atoms with Crippen molar-refractivity contribution in [2.45, 2.75) is 0 Å². The van der Waals surface area contributed by atoms with Crippen molar-refractivity contribution in [3.63, 3.8) is 0 Å². The summed E-state index contributed by atoms with van der Waals surface area (Å²) in [5.74, 6) is 3.82. The Hall–Kier alpha value is -12.0. The number of imidazole rings is 4. The second kappa shape index (κ2) is 20.9.